The van der Waals surface area contributed by atoms with E-state index in [1.807, 2.05) is 18.5 Å². The van der Waals surface area contributed by atoms with Crippen LogP contribution in [0.1, 0.15) is 22.8 Å². The molecule has 0 saturated carbocycles. The molecule has 1 saturated heterocycles. The number of halogens is 4. The van der Waals surface area contributed by atoms with Crippen molar-refractivity contribution in [3.05, 3.63) is 47.0 Å². The first-order valence-corrected chi connectivity index (χ1v) is 9.47. The van der Waals surface area contributed by atoms with Gasteiger partial charge in [0.15, 0.2) is 11.8 Å². The summed E-state index contributed by atoms with van der Waals surface area (Å²) in [6, 6.07) is 5.40. The van der Waals surface area contributed by atoms with Crippen LogP contribution in [0.4, 0.5) is 13.2 Å². The lowest BCUT2D eigenvalue weighted by Crippen LogP contribution is -2.52. The fourth-order valence-electron chi connectivity index (χ4n) is 3.27. The van der Waals surface area contributed by atoms with Gasteiger partial charge in [0.05, 0.1) is 12.1 Å². The van der Waals surface area contributed by atoms with Crippen LogP contribution < -0.4 is 5.32 Å². The van der Waals surface area contributed by atoms with Gasteiger partial charge in [-0.05, 0) is 24.6 Å². The Morgan fingerprint density at radius 3 is 2.23 bits per heavy atom. The second-order valence-electron chi connectivity index (χ2n) is 7.08. The fraction of sp³-hybridized carbons (Fsp3) is 0.526. The van der Waals surface area contributed by atoms with Gasteiger partial charge in [0.25, 0.3) is 0 Å². The normalized spacial score (nSPS) is 15.8. The summed E-state index contributed by atoms with van der Waals surface area (Å²) in [4.78, 5) is 8.76. The first kappa shape index (κ1) is 24.4. The maximum atomic E-state index is 12.7. The highest BCUT2D eigenvalue weighted by molar-refractivity contribution is 14.0. The number of benzene rings is 1. The molecule has 1 aromatic carbocycles. The molecule has 166 valence electrons. The summed E-state index contributed by atoms with van der Waals surface area (Å²) < 4.78 is 40.0. The standard InChI is InChI=1S/C19H26F3N7.HI/c1-14-25-26-17(27(14)3)12-24-18(23-2)29-10-8-28(9-11-29)13-15-4-6-16(7-5-15)19(20,21)22;/h4-7H,8-13H2,1-3H3,(H,23,24);1H. The molecule has 0 atom stereocenters. The van der Waals surface area contributed by atoms with E-state index in [0.717, 1.165) is 61.5 Å². The van der Waals surface area contributed by atoms with Crippen LogP contribution in [0.3, 0.4) is 0 Å². The molecule has 1 fully saturated rings. The van der Waals surface area contributed by atoms with Gasteiger partial charge in [-0.1, -0.05) is 12.1 Å². The van der Waals surface area contributed by atoms with Crippen molar-refractivity contribution in [2.75, 3.05) is 33.2 Å². The van der Waals surface area contributed by atoms with Crippen LogP contribution in [0.15, 0.2) is 29.3 Å². The third-order valence-electron chi connectivity index (χ3n) is 5.16. The zero-order valence-electron chi connectivity index (χ0n) is 17.3. The van der Waals surface area contributed by atoms with Crippen LogP contribution in [0.2, 0.25) is 0 Å². The minimum atomic E-state index is -4.29. The van der Waals surface area contributed by atoms with Crippen molar-refractivity contribution in [2.24, 2.45) is 12.0 Å². The Morgan fingerprint density at radius 1 is 1.10 bits per heavy atom. The minimum Gasteiger partial charge on any atom is -0.349 e. The van der Waals surface area contributed by atoms with Gasteiger partial charge in [-0.2, -0.15) is 13.2 Å². The van der Waals surface area contributed by atoms with E-state index in [0.29, 0.717) is 13.1 Å². The van der Waals surface area contributed by atoms with Crippen LogP contribution in [0.5, 0.6) is 0 Å². The number of hydrogen-bond acceptors (Lipinski definition) is 4. The van der Waals surface area contributed by atoms with E-state index in [9.17, 15) is 13.2 Å². The molecule has 30 heavy (non-hydrogen) atoms. The lowest BCUT2D eigenvalue weighted by molar-refractivity contribution is -0.137. The Balaban J connectivity index is 0.00000320. The number of guanidine groups is 1. The average Bonchev–Trinajstić information content (AvgIpc) is 3.01. The highest BCUT2D eigenvalue weighted by atomic mass is 127. The average molecular weight is 537 g/mol. The molecule has 1 N–H and O–H groups in total. The van der Waals surface area contributed by atoms with Crippen molar-refractivity contribution in [3.8, 4) is 0 Å². The van der Waals surface area contributed by atoms with E-state index in [2.05, 4.69) is 30.3 Å². The van der Waals surface area contributed by atoms with Crippen LogP contribution in [0.25, 0.3) is 0 Å². The van der Waals surface area contributed by atoms with E-state index in [1.54, 1.807) is 19.2 Å². The molecule has 0 unspecified atom stereocenters. The molecule has 3 rings (SSSR count). The topological polar surface area (TPSA) is 61.6 Å². The number of alkyl halides is 3. The highest BCUT2D eigenvalue weighted by Gasteiger charge is 2.30. The molecule has 0 amide bonds. The Morgan fingerprint density at radius 2 is 1.73 bits per heavy atom. The minimum absolute atomic E-state index is 0. The van der Waals surface area contributed by atoms with Gasteiger partial charge in [-0.25, -0.2) is 0 Å². The van der Waals surface area contributed by atoms with Crippen molar-refractivity contribution in [2.45, 2.75) is 26.2 Å². The molecule has 2 aromatic rings. The van der Waals surface area contributed by atoms with Gasteiger partial charge in [0, 0.05) is 46.8 Å². The van der Waals surface area contributed by atoms with Crippen molar-refractivity contribution >= 4 is 29.9 Å². The summed E-state index contributed by atoms with van der Waals surface area (Å²) in [5.41, 5.74) is 0.269. The molecule has 7 nitrogen and oxygen atoms in total. The third kappa shape index (κ3) is 6.06. The van der Waals surface area contributed by atoms with Gasteiger partial charge in [-0.3, -0.25) is 9.89 Å². The van der Waals surface area contributed by atoms with E-state index in [4.69, 9.17) is 0 Å². The number of nitrogens with zero attached hydrogens (tertiary/aromatic N) is 6. The number of hydrogen-bond donors (Lipinski definition) is 1. The molecule has 11 heteroatoms. The first-order chi connectivity index (χ1) is 13.8. The second kappa shape index (κ2) is 10.4. The Hall–Kier alpha value is -1.89. The van der Waals surface area contributed by atoms with Gasteiger partial charge in [0.1, 0.15) is 5.82 Å². The quantitative estimate of drug-likeness (QED) is 0.370. The van der Waals surface area contributed by atoms with Crippen LogP contribution in [0, 0.1) is 6.92 Å². The van der Waals surface area contributed by atoms with Crippen LogP contribution in [-0.4, -0.2) is 63.8 Å². The molecule has 1 aliphatic heterocycles. The number of rotatable bonds is 4. The lowest BCUT2D eigenvalue weighted by Gasteiger charge is -2.36. The molecular weight excluding hydrogens is 510 g/mol. The molecule has 0 spiro atoms. The van der Waals surface area contributed by atoms with Gasteiger partial charge >= 0.3 is 6.18 Å². The predicted octanol–water partition coefficient (Wildman–Crippen LogP) is 2.65. The summed E-state index contributed by atoms with van der Waals surface area (Å²) in [7, 11) is 3.67. The first-order valence-electron chi connectivity index (χ1n) is 9.47. The predicted molar refractivity (Wildman–Crippen MR) is 120 cm³/mol. The van der Waals surface area contributed by atoms with Crippen molar-refractivity contribution < 1.29 is 13.2 Å². The molecule has 1 aliphatic rings. The summed E-state index contributed by atoms with van der Waals surface area (Å²) in [6.45, 7) is 6.28. The van der Waals surface area contributed by atoms with E-state index in [-0.39, 0.29) is 24.0 Å². The molecule has 0 aliphatic carbocycles. The molecular formula is C19H27F3IN7. The number of aromatic nitrogens is 3. The molecule has 0 bridgehead atoms. The second-order valence-corrected chi connectivity index (χ2v) is 7.08. The highest BCUT2D eigenvalue weighted by Crippen LogP contribution is 2.29. The van der Waals surface area contributed by atoms with Crippen molar-refractivity contribution in [3.63, 3.8) is 0 Å². The van der Waals surface area contributed by atoms with E-state index >= 15 is 0 Å². The van der Waals surface area contributed by atoms with E-state index < -0.39 is 11.7 Å². The largest absolute Gasteiger partial charge is 0.416 e. The summed E-state index contributed by atoms with van der Waals surface area (Å²) in [5.74, 6) is 2.50. The van der Waals surface area contributed by atoms with Crippen molar-refractivity contribution in [1.29, 1.82) is 0 Å². The van der Waals surface area contributed by atoms with Crippen LogP contribution >= 0.6 is 24.0 Å². The Kier molecular flexibility index (Phi) is 8.47. The Labute approximate surface area is 191 Å². The van der Waals surface area contributed by atoms with Gasteiger partial charge in [0.2, 0.25) is 0 Å². The summed E-state index contributed by atoms with van der Waals surface area (Å²) in [6.07, 6.45) is -4.29. The van der Waals surface area contributed by atoms with E-state index in [1.165, 1.54) is 0 Å². The monoisotopic (exact) mass is 537 g/mol. The number of aliphatic imine (C=N–C) groups is 1. The smallest absolute Gasteiger partial charge is 0.349 e. The lowest BCUT2D eigenvalue weighted by atomic mass is 10.1. The van der Waals surface area contributed by atoms with Crippen molar-refractivity contribution in [1.82, 2.24) is 29.9 Å². The maximum Gasteiger partial charge on any atom is 0.416 e. The third-order valence-corrected chi connectivity index (χ3v) is 5.16. The molecule has 0 radical (unpaired) electrons. The zero-order valence-corrected chi connectivity index (χ0v) is 19.6. The number of aryl methyl sites for hydroxylation is 1. The summed E-state index contributed by atoms with van der Waals surface area (Å²) in [5, 5.41) is 11.5. The zero-order chi connectivity index (χ0) is 21.0. The molecule has 2 heterocycles. The SMILES string of the molecule is CN=C(NCc1nnc(C)n1C)N1CCN(Cc2ccc(C(F)(F)F)cc2)CC1.I. The number of nitrogens with one attached hydrogen (secondary N) is 1. The van der Waals surface area contributed by atoms with Gasteiger partial charge < -0.3 is 14.8 Å². The maximum absolute atomic E-state index is 12.7. The Bertz CT molecular complexity index is 841. The molecule has 1 aromatic heterocycles. The fourth-order valence-corrected chi connectivity index (χ4v) is 3.27. The van der Waals surface area contributed by atoms with Gasteiger partial charge in [-0.15, -0.1) is 34.2 Å². The number of piperazine rings is 1. The summed E-state index contributed by atoms with van der Waals surface area (Å²) >= 11 is 0. The van der Waals surface area contributed by atoms with Crippen LogP contribution in [-0.2, 0) is 26.3 Å².